The Kier molecular flexibility index (Phi) is 4.90. The fourth-order valence-electron chi connectivity index (χ4n) is 3.79. The van der Waals surface area contributed by atoms with Gasteiger partial charge in [-0.3, -0.25) is 4.68 Å². The predicted octanol–water partition coefficient (Wildman–Crippen LogP) is 3.24. The molecule has 114 valence electrons. The highest BCUT2D eigenvalue weighted by Crippen LogP contribution is 2.36. The standard InChI is InChI=1S/C17H31N3/c1-11-7-8-15(9-12(11)2)17(18-5)10-16-13(3)19-20(6)14(16)4/h11-12,15,17-18H,7-10H2,1-6H3. The smallest absolute Gasteiger partial charge is 0.0628 e. The van der Waals surface area contributed by atoms with E-state index >= 15 is 0 Å². The van der Waals surface area contributed by atoms with Crippen LogP contribution in [0.15, 0.2) is 0 Å². The maximum Gasteiger partial charge on any atom is 0.0628 e. The van der Waals surface area contributed by atoms with Gasteiger partial charge in [-0.1, -0.05) is 20.3 Å². The van der Waals surface area contributed by atoms with Gasteiger partial charge in [-0.2, -0.15) is 5.10 Å². The van der Waals surface area contributed by atoms with Crippen molar-refractivity contribution in [2.24, 2.45) is 24.8 Å². The molecule has 2 rings (SSSR count). The van der Waals surface area contributed by atoms with Crippen LogP contribution in [0, 0.1) is 31.6 Å². The molecular weight excluding hydrogens is 246 g/mol. The van der Waals surface area contributed by atoms with Crippen LogP contribution in [0.5, 0.6) is 0 Å². The Morgan fingerprint density at radius 2 is 1.95 bits per heavy atom. The number of aromatic nitrogens is 2. The highest BCUT2D eigenvalue weighted by Gasteiger charge is 2.30. The zero-order valence-electron chi connectivity index (χ0n) is 14.0. The summed E-state index contributed by atoms with van der Waals surface area (Å²) in [5, 5.41) is 8.14. The first kappa shape index (κ1) is 15.6. The molecule has 0 spiro atoms. The van der Waals surface area contributed by atoms with Crippen LogP contribution in [0.4, 0.5) is 0 Å². The Bertz CT molecular complexity index is 449. The van der Waals surface area contributed by atoms with Gasteiger partial charge in [0, 0.05) is 18.8 Å². The molecule has 1 fully saturated rings. The van der Waals surface area contributed by atoms with Gasteiger partial charge in [0.15, 0.2) is 0 Å². The molecule has 20 heavy (non-hydrogen) atoms. The van der Waals surface area contributed by atoms with Crippen LogP contribution in [0.25, 0.3) is 0 Å². The molecule has 3 heteroatoms. The van der Waals surface area contributed by atoms with E-state index < -0.39 is 0 Å². The summed E-state index contributed by atoms with van der Waals surface area (Å²) in [7, 11) is 4.17. The Labute approximate surface area is 124 Å². The minimum atomic E-state index is 0.589. The third-order valence-corrected chi connectivity index (χ3v) is 5.66. The van der Waals surface area contributed by atoms with Crippen molar-refractivity contribution in [2.45, 2.75) is 59.4 Å². The second-order valence-electron chi connectivity index (χ2n) is 6.90. The number of nitrogens with one attached hydrogen (secondary N) is 1. The maximum atomic E-state index is 4.56. The van der Waals surface area contributed by atoms with Crippen molar-refractivity contribution < 1.29 is 0 Å². The molecule has 0 aliphatic heterocycles. The van der Waals surface area contributed by atoms with Crippen LogP contribution in [-0.4, -0.2) is 22.9 Å². The molecule has 1 aliphatic rings. The molecule has 1 heterocycles. The lowest BCUT2D eigenvalue weighted by Crippen LogP contribution is -2.39. The van der Waals surface area contributed by atoms with Gasteiger partial charge >= 0.3 is 0 Å². The van der Waals surface area contributed by atoms with Crippen molar-refractivity contribution in [2.75, 3.05) is 7.05 Å². The molecule has 0 saturated heterocycles. The molecule has 0 bridgehead atoms. The SMILES string of the molecule is CNC(Cc1c(C)nn(C)c1C)C1CCC(C)C(C)C1. The van der Waals surface area contributed by atoms with E-state index in [2.05, 4.69) is 45.2 Å². The largest absolute Gasteiger partial charge is 0.316 e. The van der Waals surface area contributed by atoms with E-state index in [4.69, 9.17) is 0 Å². The normalized spacial score (nSPS) is 28.6. The summed E-state index contributed by atoms with van der Waals surface area (Å²) in [6, 6.07) is 0.589. The second kappa shape index (κ2) is 6.30. The number of aryl methyl sites for hydroxylation is 2. The van der Waals surface area contributed by atoms with Crippen LogP contribution in [0.2, 0.25) is 0 Å². The van der Waals surface area contributed by atoms with E-state index in [0.717, 1.165) is 24.2 Å². The predicted molar refractivity (Wildman–Crippen MR) is 84.9 cm³/mol. The van der Waals surface area contributed by atoms with Gasteiger partial charge in [0.1, 0.15) is 0 Å². The molecule has 1 N–H and O–H groups in total. The van der Waals surface area contributed by atoms with Crippen molar-refractivity contribution in [1.29, 1.82) is 0 Å². The first-order valence-corrected chi connectivity index (χ1v) is 8.10. The number of likely N-dealkylation sites (N-methyl/N-ethyl adjacent to an activating group) is 1. The number of rotatable bonds is 4. The summed E-state index contributed by atoms with van der Waals surface area (Å²) in [5.74, 6) is 2.57. The summed E-state index contributed by atoms with van der Waals surface area (Å²) in [5.41, 5.74) is 3.96. The van der Waals surface area contributed by atoms with Crippen LogP contribution < -0.4 is 5.32 Å². The third kappa shape index (κ3) is 3.08. The highest BCUT2D eigenvalue weighted by atomic mass is 15.3. The van der Waals surface area contributed by atoms with Crippen molar-refractivity contribution in [1.82, 2.24) is 15.1 Å². The first-order chi connectivity index (χ1) is 9.43. The lowest BCUT2D eigenvalue weighted by Gasteiger charge is -2.36. The van der Waals surface area contributed by atoms with E-state index in [0.29, 0.717) is 6.04 Å². The van der Waals surface area contributed by atoms with E-state index in [1.807, 2.05) is 11.7 Å². The minimum Gasteiger partial charge on any atom is -0.316 e. The van der Waals surface area contributed by atoms with Crippen molar-refractivity contribution in [3.8, 4) is 0 Å². The highest BCUT2D eigenvalue weighted by molar-refractivity contribution is 5.25. The van der Waals surface area contributed by atoms with Crippen LogP contribution in [0.1, 0.15) is 50.1 Å². The fraction of sp³-hybridized carbons (Fsp3) is 0.824. The van der Waals surface area contributed by atoms with Crippen LogP contribution in [0.3, 0.4) is 0 Å². The van der Waals surface area contributed by atoms with Gasteiger partial charge in [0.25, 0.3) is 0 Å². The molecule has 1 aromatic heterocycles. The third-order valence-electron chi connectivity index (χ3n) is 5.66. The minimum absolute atomic E-state index is 0.589. The molecule has 4 atom stereocenters. The van der Waals surface area contributed by atoms with Crippen molar-refractivity contribution in [3.05, 3.63) is 17.0 Å². The zero-order valence-corrected chi connectivity index (χ0v) is 14.0. The fourth-order valence-corrected chi connectivity index (χ4v) is 3.79. The summed E-state index contributed by atoms with van der Waals surface area (Å²) in [6.07, 6.45) is 5.24. The van der Waals surface area contributed by atoms with Gasteiger partial charge in [0.2, 0.25) is 0 Å². The summed E-state index contributed by atoms with van der Waals surface area (Å²) in [6.45, 7) is 9.16. The van der Waals surface area contributed by atoms with Gasteiger partial charge in [-0.05, 0) is 63.5 Å². The van der Waals surface area contributed by atoms with Gasteiger partial charge in [0.05, 0.1) is 5.69 Å². The van der Waals surface area contributed by atoms with Crippen LogP contribution >= 0.6 is 0 Å². The molecule has 0 radical (unpaired) electrons. The van der Waals surface area contributed by atoms with Crippen LogP contribution in [-0.2, 0) is 13.5 Å². The second-order valence-corrected chi connectivity index (χ2v) is 6.90. The molecule has 1 saturated carbocycles. The van der Waals surface area contributed by atoms with E-state index in [-0.39, 0.29) is 0 Å². The Hall–Kier alpha value is -0.830. The molecule has 4 unspecified atom stereocenters. The summed E-state index contributed by atoms with van der Waals surface area (Å²) < 4.78 is 2.02. The lowest BCUT2D eigenvalue weighted by molar-refractivity contribution is 0.173. The molecule has 0 aromatic carbocycles. The average Bonchev–Trinajstić information content (AvgIpc) is 2.65. The quantitative estimate of drug-likeness (QED) is 0.915. The van der Waals surface area contributed by atoms with E-state index in [1.165, 1.54) is 36.2 Å². The Balaban J connectivity index is 2.09. The van der Waals surface area contributed by atoms with Gasteiger partial charge in [-0.25, -0.2) is 0 Å². The van der Waals surface area contributed by atoms with E-state index in [9.17, 15) is 0 Å². The maximum absolute atomic E-state index is 4.56. The number of nitrogens with zero attached hydrogens (tertiary/aromatic N) is 2. The lowest BCUT2D eigenvalue weighted by atomic mass is 9.72. The molecule has 3 nitrogen and oxygen atoms in total. The Morgan fingerprint density at radius 3 is 2.45 bits per heavy atom. The van der Waals surface area contributed by atoms with Gasteiger partial charge in [-0.15, -0.1) is 0 Å². The average molecular weight is 277 g/mol. The summed E-state index contributed by atoms with van der Waals surface area (Å²) >= 11 is 0. The van der Waals surface area contributed by atoms with Crippen molar-refractivity contribution in [3.63, 3.8) is 0 Å². The summed E-state index contributed by atoms with van der Waals surface area (Å²) in [4.78, 5) is 0. The topological polar surface area (TPSA) is 29.9 Å². The molecule has 1 aliphatic carbocycles. The Morgan fingerprint density at radius 1 is 1.25 bits per heavy atom. The number of hydrogen-bond acceptors (Lipinski definition) is 2. The van der Waals surface area contributed by atoms with Crippen molar-refractivity contribution >= 4 is 0 Å². The molecule has 0 amide bonds. The number of hydrogen-bond donors (Lipinski definition) is 1. The zero-order chi connectivity index (χ0) is 14.9. The molecular formula is C17H31N3. The van der Waals surface area contributed by atoms with Gasteiger partial charge < -0.3 is 5.32 Å². The first-order valence-electron chi connectivity index (χ1n) is 8.10. The monoisotopic (exact) mass is 277 g/mol. The molecule has 1 aromatic rings. The van der Waals surface area contributed by atoms with E-state index in [1.54, 1.807) is 0 Å².